The first-order valence-electron chi connectivity index (χ1n) is 8.87. The Morgan fingerprint density at radius 1 is 1.04 bits per heavy atom. The van der Waals surface area contributed by atoms with Gasteiger partial charge in [-0.3, -0.25) is 0 Å². The predicted octanol–water partition coefficient (Wildman–Crippen LogP) is 4.65. The molecule has 26 heavy (non-hydrogen) atoms. The van der Waals surface area contributed by atoms with Crippen LogP contribution in [-0.2, 0) is 0 Å². The second-order valence-corrected chi connectivity index (χ2v) is 7.68. The second-order valence-electron chi connectivity index (χ2n) is 6.76. The molecule has 4 heterocycles. The van der Waals surface area contributed by atoms with Gasteiger partial charge in [-0.1, -0.05) is 15.9 Å². The van der Waals surface area contributed by atoms with Gasteiger partial charge in [-0.05, 0) is 54.7 Å². The van der Waals surface area contributed by atoms with Gasteiger partial charge in [0.2, 0.25) is 0 Å². The maximum Gasteiger partial charge on any atom is 0.139 e. The summed E-state index contributed by atoms with van der Waals surface area (Å²) in [7, 11) is 0. The number of aromatic nitrogens is 4. The van der Waals surface area contributed by atoms with Gasteiger partial charge in [-0.15, -0.1) is 0 Å². The zero-order valence-electron chi connectivity index (χ0n) is 14.2. The highest BCUT2D eigenvalue weighted by atomic mass is 79.9. The molecule has 0 saturated carbocycles. The smallest absolute Gasteiger partial charge is 0.139 e. The molecule has 0 spiro atoms. The van der Waals surface area contributed by atoms with Crippen molar-refractivity contribution >= 4 is 43.7 Å². The number of pyridine rings is 1. The standard InChI is InChI=1S/C20H18BrN5/c21-14-3-4-18-16(10-14)20(25-12-24-18)26-8-5-13(6-9-26)17-11-23-19-15(17)2-1-7-22-19/h1-4,7,10-13H,5-6,8-9H2,(H,22,23). The van der Waals surface area contributed by atoms with Crippen LogP contribution < -0.4 is 4.90 Å². The van der Waals surface area contributed by atoms with E-state index in [1.807, 2.05) is 24.4 Å². The van der Waals surface area contributed by atoms with Gasteiger partial charge in [-0.2, -0.15) is 0 Å². The predicted molar refractivity (Wildman–Crippen MR) is 108 cm³/mol. The van der Waals surface area contributed by atoms with Crippen molar-refractivity contribution < 1.29 is 0 Å². The quantitative estimate of drug-likeness (QED) is 0.525. The van der Waals surface area contributed by atoms with E-state index in [1.165, 1.54) is 10.9 Å². The van der Waals surface area contributed by atoms with E-state index in [1.54, 1.807) is 6.33 Å². The molecule has 0 atom stereocenters. The number of halogens is 1. The number of nitrogens with zero attached hydrogens (tertiary/aromatic N) is 4. The first-order valence-corrected chi connectivity index (χ1v) is 9.66. The van der Waals surface area contributed by atoms with E-state index < -0.39 is 0 Å². The molecule has 5 rings (SSSR count). The summed E-state index contributed by atoms with van der Waals surface area (Å²) in [4.78, 5) is 19.1. The number of anilines is 1. The van der Waals surface area contributed by atoms with Crippen molar-refractivity contribution in [3.8, 4) is 0 Å². The van der Waals surface area contributed by atoms with E-state index in [0.717, 1.165) is 52.8 Å². The van der Waals surface area contributed by atoms with Gasteiger partial charge < -0.3 is 9.88 Å². The molecule has 0 aliphatic carbocycles. The first-order chi connectivity index (χ1) is 12.8. The third kappa shape index (κ3) is 2.65. The molecule has 0 radical (unpaired) electrons. The fraction of sp³-hybridized carbons (Fsp3) is 0.250. The van der Waals surface area contributed by atoms with Crippen LogP contribution in [0, 0.1) is 0 Å². The maximum absolute atomic E-state index is 4.59. The Hall–Kier alpha value is -2.47. The summed E-state index contributed by atoms with van der Waals surface area (Å²) in [6.07, 6.45) is 7.87. The van der Waals surface area contributed by atoms with Crippen molar-refractivity contribution in [2.24, 2.45) is 0 Å². The van der Waals surface area contributed by atoms with Crippen LogP contribution in [0.15, 0.2) is 53.5 Å². The lowest BCUT2D eigenvalue weighted by molar-refractivity contribution is 0.506. The maximum atomic E-state index is 4.59. The number of hydrogen-bond acceptors (Lipinski definition) is 4. The highest BCUT2D eigenvalue weighted by Gasteiger charge is 2.24. The van der Waals surface area contributed by atoms with Crippen LogP contribution in [0.2, 0.25) is 0 Å². The molecule has 1 aromatic carbocycles. The minimum absolute atomic E-state index is 0.559. The highest BCUT2D eigenvalue weighted by molar-refractivity contribution is 9.10. The number of rotatable bonds is 2. The number of piperidine rings is 1. The van der Waals surface area contributed by atoms with Crippen molar-refractivity contribution in [3.63, 3.8) is 0 Å². The number of nitrogens with one attached hydrogen (secondary N) is 1. The topological polar surface area (TPSA) is 57.7 Å². The monoisotopic (exact) mass is 407 g/mol. The van der Waals surface area contributed by atoms with Crippen LogP contribution in [0.5, 0.6) is 0 Å². The summed E-state index contributed by atoms with van der Waals surface area (Å²) in [6, 6.07) is 10.4. The third-order valence-electron chi connectivity index (χ3n) is 5.29. The molecule has 130 valence electrons. The average Bonchev–Trinajstić information content (AvgIpc) is 3.12. The SMILES string of the molecule is Brc1ccc2ncnc(N3CCC(c4c[nH]c5ncccc45)CC3)c2c1. The van der Waals surface area contributed by atoms with Gasteiger partial charge in [0.25, 0.3) is 0 Å². The van der Waals surface area contributed by atoms with Crippen LogP contribution in [0.4, 0.5) is 5.82 Å². The highest BCUT2D eigenvalue weighted by Crippen LogP contribution is 2.35. The van der Waals surface area contributed by atoms with Gasteiger partial charge in [0, 0.05) is 40.7 Å². The Kier molecular flexibility index (Phi) is 3.85. The van der Waals surface area contributed by atoms with E-state index in [0.29, 0.717) is 5.92 Å². The summed E-state index contributed by atoms with van der Waals surface area (Å²) in [6.45, 7) is 1.99. The lowest BCUT2D eigenvalue weighted by atomic mass is 9.89. The van der Waals surface area contributed by atoms with Crippen LogP contribution in [0.3, 0.4) is 0 Å². The van der Waals surface area contributed by atoms with Gasteiger partial charge in [0.05, 0.1) is 5.52 Å². The molecule has 1 fully saturated rings. The van der Waals surface area contributed by atoms with Gasteiger partial charge in [0.15, 0.2) is 0 Å². The molecule has 5 nitrogen and oxygen atoms in total. The molecule has 1 N–H and O–H groups in total. The molecule has 0 bridgehead atoms. The van der Waals surface area contributed by atoms with E-state index in [-0.39, 0.29) is 0 Å². The lowest BCUT2D eigenvalue weighted by Gasteiger charge is -2.33. The largest absolute Gasteiger partial charge is 0.356 e. The van der Waals surface area contributed by atoms with Gasteiger partial charge in [-0.25, -0.2) is 15.0 Å². The van der Waals surface area contributed by atoms with Crippen molar-refractivity contribution in [2.75, 3.05) is 18.0 Å². The molecule has 3 aromatic heterocycles. The van der Waals surface area contributed by atoms with E-state index in [4.69, 9.17) is 0 Å². The number of fused-ring (bicyclic) bond motifs is 2. The Labute approximate surface area is 159 Å². The minimum atomic E-state index is 0.559. The Balaban J connectivity index is 1.42. The fourth-order valence-electron chi connectivity index (χ4n) is 3.98. The van der Waals surface area contributed by atoms with Crippen LogP contribution in [-0.4, -0.2) is 33.0 Å². The normalized spacial score (nSPS) is 15.8. The Bertz CT molecular complexity index is 1080. The van der Waals surface area contributed by atoms with Crippen molar-refractivity contribution in [2.45, 2.75) is 18.8 Å². The third-order valence-corrected chi connectivity index (χ3v) is 5.79. The Morgan fingerprint density at radius 2 is 1.92 bits per heavy atom. The second kappa shape index (κ2) is 6.36. The summed E-state index contributed by atoms with van der Waals surface area (Å²) in [5.74, 6) is 1.60. The van der Waals surface area contributed by atoms with Crippen molar-refractivity contribution in [3.05, 3.63) is 59.1 Å². The number of aromatic amines is 1. The molecule has 0 unspecified atom stereocenters. The van der Waals surface area contributed by atoms with Crippen LogP contribution in [0.1, 0.15) is 24.3 Å². The zero-order valence-corrected chi connectivity index (χ0v) is 15.8. The first kappa shape index (κ1) is 15.8. The average molecular weight is 408 g/mol. The molecule has 0 amide bonds. The fourth-order valence-corrected chi connectivity index (χ4v) is 4.35. The Morgan fingerprint density at radius 3 is 2.81 bits per heavy atom. The summed E-state index contributed by atoms with van der Waals surface area (Å²) in [5.41, 5.74) is 3.36. The molecule has 1 aliphatic heterocycles. The van der Waals surface area contributed by atoms with Crippen LogP contribution >= 0.6 is 15.9 Å². The van der Waals surface area contributed by atoms with Crippen molar-refractivity contribution in [1.29, 1.82) is 0 Å². The molecule has 1 aliphatic rings. The van der Waals surface area contributed by atoms with Gasteiger partial charge >= 0.3 is 0 Å². The summed E-state index contributed by atoms with van der Waals surface area (Å²) >= 11 is 3.57. The summed E-state index contributed by atoms with van der Waals surface area (Å²) < 4.78 is 1.06. The number of hydrogen-bond donors (Lipinski definition) is 1. The minimum Gasteiger partial charge on any atom is -0.356 e. The molecule has 4 aromatic rings. The van der Waals surface area contributed by atoms with Crippen LogP contribution in [0.25, 0.3) is 21.9 Å². The number of H-pyrrole nitrogens is 1. The van der Waals surface area contributed by atoms with E-state index >= 15 is 0 Å². The van der Waals surface area contributed by atoms with Gasteiger partial charge in [0.1, 0.15) is 17.8 Å². The molecule has 1 saturated heterocycles. The number of benzene rings is 1. The summed E-state index contributed by atoms with van der Waals surface area (Å²) in [5, 5.41) is 2.36. The van der Waals surface area contributed by atoms with E-state index in [9.17, 15) is 0 Å². The van der Waals surface area contributed by atoms with Crippen molar-refractivity contribution in [1.82, 2.24) is 19.9 Å². The molecular weight excluding hydrogens is 390 g/mol. The molecule has 6 heteroatoms. The zero-order chi connectivity index (χ0) is 17.5. The lowest BCUT2D eigenvalue weighted by Crippen LogP contribution is -2.33. The van der Waals surface area contributed by atoms with E-state index in [2.05, 4.69) is 59.1 Å². The molecular formula is C20H18BrN5.